The molecule has 1 unspecified atom stereocenters. The maximum atomic E-state index is 11.3. The number of nitrogens with zero attached hydrogens (tertiary/aromatic N) is 3. The summed E-state index contributed by atoms with van der Waals surface area (Å²) >= 11 is 0. The number of hydrogen-bond donors (Lipinski definition) is 2. The van der Waals surface area contributed by atoms with Crippen LogP contribution in [0.3, 0.4) is 0 Å². The second-order valence-corrected chi connectivity index (χ2v) is 8.16. The molecule has 0 aromatic heterocycles. The fourth-order valence-corrected chi connectivity index (χ4v) is 4.05. The van der Waals surface area contributed by atoms with Gasteiger partial charge in [0.15, 0.2) is 17.5 Å². The molecular formula is C24H42IN5O3. The largest absolute Gasteiger partial charge is 0.493 e. The van der Waals surface area contributed by atoms with Gasteiger partial charge in [-0.3, -0.25) is 4.79 Å². The van der Waals surface area contributed by atoms with E-state index in [1.54, 1.807) is 7.11 Å². The van der Waals surface area contributed by atoms with Crippen LogP contribution in [0, 0.1) is 5.92 Å². The van der Waals surface area contributed by atoms with E-state index in [9.17, 15) is 4.79 Å². The number of nitrogens with one attached hydrogen (secondary N) is 1. The van der Waals surface area contributed by atoms with Crippen molar-refractivity contribution in [2.75, 3.05) is 53.0 Å². The number of nitrogens with two attached hydrogens (primary N) is 1. The van der Waals surface area contributed by atoms with Crippen LogP contribution in [-0.4, -0.2) is 74.7 Å². The number of rotatable bonds is 12. The molecule has 1 aliphatic rings. The summed E-state index contributed by atoms with van der Waals surface area (Å²) in [5, 5.41) is 3.39. The topological polar surface area (TPSA) is 92.4 Å². The highest BCUT2D eigenvalue weighted by Gasteiger charge is 2.23. The van der Waals surface area contributed by atoms with Crippen LogP contribution in [0.1, 0.15) is 45.6 Å². The first-order chi connectivity index (χ1) is 15.5. The number of carbonyl (C=O) groups is 1. The summed E-state index contributed by atoms with van der Waals surface area (Å²) in [7, 11) is 1.66. The molecule has 1 aromatic rings. The van der Waals surface area contributed by atoms with E-state index in [-0.39, 0.29) is 35.8 Å². The van der Waals surface area contributed by atoms with Gasteiger partial charge in [0.05, 0.1) is 13.7 Å². The highest BCUT2D eigenvalue weighted by molar-refractivity contribution is 14.0. The lowest BCUT2D eigenvalue weighted by molar-refractivity contribution is -0.119. The van der Waals surface area contributed by atoms with Gasteiger partial charge in [-0.1, -0.05) is 19.9 Å². The Morgan fingerprint density at radius 1 is 1.27 bits per heavy atom. The third-order valence-corrected chi connectivity index (χ3v) is 5.84. The molecule has 0 radical (unpaired) electrons. The van der Waals surface area contributed by atoms with Crippen molar-refractivity contribution in [1.82, 2.24) is 15.1 Å². The summed E-state index contributed by atoms with van der Waals surface area (Å²) in [6.07, 6.45) is 2.50. The third-order valence-electron chi connectivity index (χ3n) is 5.84. The van der Waals surface area contributed by atoms with Crippen molar-refractivity contribution in [1.29, 1.82) is 0 Å². The molecule has 1 atom stereocenters. The van der Waals surface area contributed by atoms with Crippen LogP contribution >= 0.6 is 24.0 Å². The third kappa shape index (κ3) is 9.95. The number of benzene rings is 1. The number of halogens is 1. The van der Waals surface area contributed by atoms with Gasteiger partial charge in [-0.25, -0.2) is 4.99 Å². The van der Waals surface area contributed by atoms with Crippen LogP contribution in [0.15, 0.2) is 23.2 Å². The first-order valence-electron chi connectivity index (χ1n) is 11.8. The first-order valence-corrected chi connectivity index (χ1v) is 11.8. The quantitative estimate of drug-likeness (QED) is 0.226. The molecule has 3 N–H and O–H groups in total. The van der Waals surface area contributed by atoms with Crippen molar-refractivity contribution >= 4 is 35.8 Å². The van der Waals surface area contributed by atoms with E-state index >= 15 is 0 Å². The predicted octanol–water partition coefficient (Wildman–Crippen LogP) is 3.09. The minimum absolute atomic E-state index is 0. The average Bonchev–Trinajstić information content (AvgIpc) is 2.79. The van der Waals surface area contributed by atoms with Gasteiger partial charge < -0.3 is 30.3 Å². The van der Waals surface area contributed by atoms with E-state index < -0.39 is 0 Å². The zero-order valence-corrected chi connectivity index (χ0v) is 23.0. The number of ether oxygens (including phenoxy) is 2. The molecule has 0 spiro atoms. The normalized spacial score (nSPS) is 16.3. The van der Waals surface area contributed by atoms with Crippen molar-refractivity contribution in [2.24, 2.45) is 16.6 Å². The van der Waals surface area contributed by atoms with Gasteiger partial charge >= 0.3 is 0 Å². The highest BCUT2D eigenvalue weighted by atomic mass is 127. The molecule has 1 heterocycles. The van der Waals surface area contributed by atoms with Crippen molar-refractivity contribution in [3.8, 4) is 11.5 Å². The molecule has 0 bridgehead atoms. The number of guanidine groups is 1. The Kier molecular flexibility index (Phi) is 14.2. The summed E-state index contributed by atoms with van der Waals surface area (Å²) in [4.78, 5) is 20.7. The van der Waals surface area contributed by atoms with Crippen LogP contribution in [0.5, 0.6) is 11.5 Å². The minimum atomic E-state index is -0.231. The molecular weight excluding hydrogens is 533 g/mol. The number of methoxy groups -OCH3 is 1. The van der Waals surface area contributed by atoms with Gasteiger partial charge in [-0.15, -0.1) is 24.0 Å². The Labute approximate surface area is 216 Å². The monoisotopic (exact) mass is 575 g/mol. The lowest BCUT2D eigenvalue weighted by Crippen LogP contribution is -2.47. The molecule has 1 fully saturated rings. The fourth-order valence-electron chi connectivity index (χ4n) is 4.05. The number of likely N-dealkylation sites (N-methyl/N-ethyl adjacent to an activating group) is 1. The van der Waals surface area contributed by atoms with Gasteiger partial charge in [0, 0.05) is 32.6 Å². The maximum absolute atomic E-state index is 11.3. The molecule has 8 nitrogen and oxygen atoms in total. The van der Waals surface area contributed by atoms with E-state index in [0.29, 0.717) is 19.6 Å². The second kappa shape index (κ2) is 16.0. The van der Waals surface area contributed by atoms with Crippen LogP contribution < -0.4 is 20.5 Å². The number of carbonyl (C=O) groups excluding carboxylic acids is 1. The Bertz CT molecular complexity index is 743. The van der Waals surface area contributed by atoms with Crippen LogP contribution in [0.2, 0.25) is 0 Å². The van der Waals surface area contributed by atoms with E-state index in [4.69, 9.17) is 20.2 Å². The van der Waals surface area contributed by atoms with Gasteiger partial charge in [-0.05, 0) is 56.5 Å². The average molecular weight is 576 g/mol. The van der Waals surface area contributed by atoms with Gasteiger partial charge in [-0.2, -0.15) is 0 Å². The Hall–Kier alpha value is -1.75. The lowest BCUT2D eigenvalue weighted by Gasteiger charge is -2.34. The molecule has 33 heavy (non-hydrogen) atoms. The molecule has 2 rings (SSSR count). The van der Waals surface area contributed by atoms with Gasteiger partial charge in [0.2, 0.25) is 5.91 Å². The number of amides is 1. The molecule has 188 valence electrons. The van der Waals surface area contributed by atoms with Crippen molar-refractivity contribution in [2.45, 2.75) is 46.6 Å². The predicted molar refractivity (Wildman–Crippen MR) is 145 cm³/mol. The van der Waals surface area contributed by atoms with Crippen molar-refractivity contribution in [3.05, 3.63) is 23.8 Å². The van der Waals surface area contributed by atoms with Crippen LogP contribution in [-0.2, 0) is 11.3 Å². The number of primary amides is 1. The summed E-state index contributed by atoms with van der Waals surface area (Å²) in [6.45, 7) is 13.0. The minimum Gasteiger partial charge on any atom is -0.493 e. The SMILES string of the molecule is CCNC(=NCc1ccc(OCCN(CC)CC)c(OC)c1)N1CCCC(CC(N)=O)C1.I. The number of piperidine rings is 1. The van der Waals surface area contributed by atoms with Crippen LogP contribution in [0.4, 0.5) is 0 Å². The Morgan fingerprint density at radius 3 is 2.67 bits per heavy atom. The van der Waals surface area contributed by atoms with Crippen LogP contribution in [0.25, 0.3) is 0 Å². The zero-order valence-electron chi connectivity index (χ0n) is 20.6. The molecule has 0 saturated carbocycles. The van der Waals surface area contributed by atoms with E-state index in [0.717, 1.165) is 75.1 Å². The van der Waals surface area contributed by atoms with E-state index in [1.807, 2.05) is 18.2 Å². The Morgan fingerprint density at radius 2 is 2.03 bits per heavy atom. The smallest absolute Gasteiger partial charge is 0.217 e. The molecule has 1 aromatic carbocycles. The zero-order chi connectivity index (χ0) is 23.3. The van der Waals surface area contributed by atoms with Gasteiger partial charge in [0.25, 0.3) is 0 Å². The Balaban J connectivity index is 0.00000544. The van der Waals surface area contributed by atoms with E-state index in [2.05, 4.69) is 35.9 Å². The number of likely N-dealkylation sites (tertiary alicyclic amines) is 1. The summed E-state index contributed by atoms with van der Waals surface area (Å²) in [5.74, 6) is 2.41. The molecule has 1 saturated heterocycles. The second-order valence-electron chi connectivity index (χ2n) is 8.16. The molecule has 1 aliphatic heterocycles. The standard InChI is InChI=1S/C24H41N5O3.HI/c1-5-26-24(29-12-8-9-20(18-29)16-23(25)30)27-17-19-10-11-21(22(15-19)31-4)32-14-13-28(6-2)7-3;/h10-11,15,20H,5-9,12-14,16-18H2,1-4H3,(H2,25,30)(H,26,27);1H. The molecule has 1 amide bonds. The summed E-state index contributed by atoms with van der Waals surface area (Å²) in [6, 6.07) is 5.99. The first kappa shape index (κ1) is 29.3. The maximum Gasteiger partial charge on any atom is 0.217 e. The molecule has 9 heteroatoms. The highest BCUT2D eigenvalue weighted by Crippen LogP contribution is 2.28. The fraction of sp³-hybridized carbons (Fsp3) is 0.667. The number of aliphatic imine (C=N–C) groups is 1. The lowest BCUT2D eigenvalue weighted by atomic mass is 9.95. The molecule has 0 aliphatic carbocycles. The summed E-state index contributed by atoms with van der Waals surface area (Å²) in [5.41, 5.74) is 6.46. The summed E-state index contributed by atoms with van der Waals surface area (Å²) < 4.78 is 11.5. The van der Waals surface area contributed by atoms with Crippen molar-refractivity contribution < 1.29 is 14.3 Å². The van der Waals surface area contributed by atoms with Gasteiger partial charge in [0.1, 0.15) is 6.61 Å². The van der Waals surface area contributed by atoms with E-state index in [1.165, 1.54) is 0 Å². The van der Waals surface area contributed by atoms with Crippen molar-refractivity contribution in [3.63, 3.8) is 0 Å². The number of hydrogen-bond acceptors (Lipinski definition) is 5.